The molecule has 0 amide bonds. The highest BCUT2D eigenvalue weighted by Gasteiger charge is 2.09. The van der Waals surface area contributed by atoms with Gasteiger partial charge in [-0.15, -0.1) is 0 Å². The second kappa shape index (κ2) is 10.4. The molecule has 27 heavy (non-hydrogen) atoms. The predicted octanol–water partition coefficient (Wildman–Crippen LogP) is 4.22. The zero-order chi connectivity index (χ0) is 18.7. The maximum atomic E-state index is 10.1. The maximum absolute atomic E-state index is 10.1. The monoisotopic (exact) mass is 364 g/mol. The molecular formula is C23H24O4. The standard InChI is InChI=1S/C23H24O4/c24-21(17-25-15-19-9-3-1-4-10-19)18-27-23-14-8-7-13-22(23)26-16-20-11-5-2-6-12-20/h1-14,21,24H,15-18H2. The number of para-hydroxylation sites is 2. The zero-order valence-corrected chi connectivity index (χ0v) is 15.2. The molecule has 3 aromatic carbocycles. The van der Waals surface area contributed by atoms with E-state index in [-0.39, 0.29) is 13.2 Å². The van der Waals surface area contributed by atoms with Gasteiger partial charge < -0.3 is 19.3 Å². The van der Waals surface area contributed by atoms with Gasteiger partial charge in [-0.2, -0.15) is 0 Å². The van der Waals surface area contributed by atoms with Gasteiger partial charge in [0.25, 0.3) is 0 Å². The molecule has 0 heterocycles. The van der Waals surface area contributed by atoms with Crippen LogP contribution in [0.1, 0.15) is 11.1 Å². The van der Waals surface area contributed by atoms with E-state index < -0.39 is 6.10 Å². The Balaban J connectivity index is 1.44. The van der Waals surface area contributed by atoms with Crippen molar-refractivity contribution in [1.82, 2.24) is 0 Å². The molecule has 0 aliphatic carbocycles. The number of benzene rings is 3. The Morgan fingerprint density at radius 1 is 0.593 bits per heavy atom. The second-order valence-electron chi connectivity index (χ2n) is 6.19. The van der Waals surface area contributed by atoms with Crippen molar-refractivity contribution in [2.45, 2.75) is 19.3 Å². The summed E-state index contributed by atoms with van der Waals surface area (Å²) in [6.07, 6.45) is -0.712. The van der Waals surface area contributed by atoms with Crippen LogP contribution in [0.2, 0.25) is 0 Å². The van der Waals surface area contributed by atoms with E-state index in [1.54, 1.807) is 0 Å². The summed E-state index contributed by atoms with van der Waals surface area (Å²) in [6, 6.07) is 27.3. The van der Waals surface area contributed by atoms with E-state index in [0.29, 0.717) is 24.7 Å². The molecule has 0 saturated heterocycles. The minimum absolute atomic E-state index is 0.139. The zero-order valence-electron chi connectivity index (χ0n) is 15.2. The van der Waals surface area contributed by atoms with Crippen LogP contribution in [-0.2, 0) is 18.0 Å². The lowest BCUT2D eigenvalue weighted by Gasteiger charge is -2.15. The van der Waals surface area contributed by atoms with Crippen molar-refractivity contribution >= 4 is 0 Å². The quantitative estimate of drug-likeness (QED) is 0.585. The molecule has 4 heteroatoms. The largest absolute Gasteiger partial charge is 0.487 e. The average Bonchev–Trinajstić information content (AvgIpc) is 2.73. The molecule has 0 radical (unpaired) electrons. The fourth-order valence-corrected chi connectivity index (χ4v) is 2.55. The van der Waals surface area contributed by atoms with Gasteiger partial charge in [0.1, 0.15) is 19.3 Å². The van der Waals surface area contributed by atoms with Crippen LogP contribution in [-0.4, -0.2) is 24.4 Å². The number of aliphatic hydroxyl groups excluding tert-OH is 1. The van der Waals surface area contributed by atoms with Gasteiger partial charge in [0.15, 0.2) is 11.5 Å². The third-order valence-corrected chi connectivity index (χ3v) is 3.94. The maximum Gasteiger partial charge on any atom is 0.161 e. The Kier molecular flexibility index (Phi) is 7.27. The predicted molar refractivity (Wildman–Crippen MR) is 105 cm³/mol. The molecule has 3 aromatic rings. The number of hydrogen-bond donors (Lipinski definition) is 1. The molecule has 0 aliphatic heterocycles. The van der Waals surface area contributed by atoms with E-state index in [1.165, 1.54) is 0 Å². The highest BCUT2D eigenvalue weighted by Crippen LogP contribution is 2.27. The summed E-state index contributed by atoms with van der Waals surface area (Å²) in [5.41, 5.74) is 2.16. The molecule has 0 aliphatic rings. The molecule has 1 unspecified atom stereocenters. The summed E-state index contributed by atoms with van der Waals surface area (Å²) in [4.78, 5) is 0. The molecule has 140 valence electrons. The highest BCUT2D eigenvalue weighted by atomic mass is 16.5. The number of ether oxygens (including phenoxy) is 3. The summed E-state index contributed by atoms with van der Waals surface area (Å²) in [6.45, 7) is 1.28. The van der Waals surface area contributed by atoms with Crippen molar-refractivity contribution in [1.29, 1.82) is 0 Å². The Morgan fingerprint density at radius 3 is 1.74 bits per heavy atom. The first-order valence-corrected chi connectivity index (χ1v) is 8.99. The van der Waals surface area contributed by atoms with Gasteiger partial charge in [-0.05, 0) is 23.3 Å². The Bertz CT molecular complexity index is 790. The van der Waals surface area contributed by atoms with Gasteiger partial charge in [0, 0.05) is 0 Å². The third kappa shape index (κ3) is 6.44. The first-order chi connectivity index (χ1) is 13.3. The van der Waals surface area contributed by atoms with Crippen LogP contribution in [0.5, 0.6) is 11.5 Å². The van der Waals surface area contributed by atoms with Gasteiger partial charge in [-0.1, -0.05) is 72.8 Å². The van der Waals surface area contributed by atoms with Gasteiger partial charge in [0.05, 0.1) is 13.2 Å². The first kappa shape index (κ1) is 19.0. The van der Waals surface area contributed by atoms with Crippen molar-refractivity contribution < 1.29 is 19.3 Å². The summed E-state index contributed by atoms with van der Waals surface area (Å²) in [7, 11) is 0. The van der Waals surface area contributed by atoms with Crippen LogP contribution in [0, 0.1) is 0 Å². The Morgan fingerprint density at radius 2 is 1.11 bits per heavy atom. The number of rotatable bonds is 10. The Hall–Kier alpha value is -2.82. The topological polar surface area (TPSA) is 47.9 Å². The summed E-state index contributed by atoms with van der Waals surface area (Å²) >= 11 is 0. The van der Waals surface area contributed by atoms with Crippen molar-refractivity contribution in [2.75, 3.05) is 13.2 Å². The fraction of sp³-hybridized carbons (Fsp3) is 0.217. The lowest BCUT2D eigenvalue weighted by atomic mass is 10.2. The molecule has 0 aromatic heterocycles. The normalized spacial score (nSPS) is 11.7. The third-order valence-electron chi connectivity index (χ3n) is 3.94. The van der Waals surface area contributed by atoms with E-state index in [0.717, 1.165) is 11.1 Å². The highest BCUT2D eigenvalue weighted by molar-refractivity contribution is 5.39. The van der Waals surface area contributed by atoms with E-state index in [4.69, 9.17) is 14.2 Å². The summed E-state index contributed by atoms with van der Waals surface area (Å²) in [5, 5.41) is 10.1. The van der Waals surface area contributed by atoms with Crippen molar-refractivity contribution in [3.8, 4) is 11.5 Å². The summed E-state index contributed by atoms with van der Waals surface area (Å²) < 4.78 is 17.1. The number of aliphatic hydroxyl groups is 1. The van der Waals surface area contributed by atoms with Crippen LogP contribution in [0.15, 0.2) is 84.9 Å². The van der Waals surface area contributed by atoms with Crippen molar-refractivity contribution in [3.63, 3.8) is 0 Å². The number of hydrogen-bond acceptors (Lipinski definition) is 4. The minimum Gasteiger partial charge on any atom is -0.487 e. The van der Waals surface area contributed by atoms with E-state index in [2.05, 4.69) is 0 Å². The van der Waals surface area contributed by atoms with Crippen LogP contribution in [0.3, 0.4) is 0 Å². The molecule has 0 fully saturated rings. The Labute approximate surface area is 160 Å². The van der Waals surface area contributed by atoms with E-state index in [1.807, 2.05) is 84.9 Å². The molecular weight excluding hydrogens is 340 g/mol. The average molecular weight is 364 g/mol. The van der Waals surface area contributed by atoms with Gasteiger partial charge in [0.2, 0.25) is 0 Å². The van der Waals surface area contributed by atoms with Crippen molar-refractivity contribution in [3.05, 3.63) is 96.1 Å². The second-order valence-corrected chi connectivity index (χ2v) is 6.19. The molecule has 1 atom stereocenters. The van der Waals surface area contributed by atoms with Crippen LogP contribution < -0.4 is 9.47 Å². The lowest BCUT2D eigenvalue weighted by Crippen LogP contribution is -2.23. The first-order valence-electron chi connectivity index (χ1n) is 8.99. The smallest absolute Gasteiger partial charge is 0.161 e. The fourth-order valence-electron chi connectivity index (χ4n) is 2.55. The molecule has 0 spiro atoms. The van der Waals surface area contributed by atoms with E-state index >= 15 is 0 Å². The van der Waals surface area contributed by atoms with Gasteiger partial charge in [-0.3, -0.25) is 0 Å². The molecule has 0 saturated carbocycles. The van der Waals surface area contributed by atoms with Crippen molar-refractivity contribution in [2.24, 2.45) is 0 Å². The molecule has 0 bridgehead atoms. The van der Waals surface area contributed by atoms with Gasteiger partial charge >= 0.3 is 0 Å². The van der Waals surface area contributed by atoms with Gasteiger partial charge in [-0.25, -0.2) is 0 Å². The molecule has 4 nitrogen and oxygen atoms in total. The summed E-state index contributed by atoms with van der Waals surface area (Å²) in [5.74, 6) is 1.26. The molecule has 3 rings (SSSR count). The lowest BCUT2D eigenvalue weighted by molar-refractivity contribution is 0.00495. The van der Waals surface area contributed by atoms with E-state index in [9.17, 15) is 5.11 Å². The van der Waals surface area contributed by atoms with Crippen LogP contribution in [0.25, 0.3) is 0 Å². The SMILES string of the molecule is OC(COCc1ccccc1)COc1ccccc1OCc1ccccc1. The minimum atomic E-state index is -0.712. The molecule has 1 N–H and O–H groups in total. The van der Waals surface area contributed by atoms with Crippen LogP contribution in [0.4, 0.5) is 0 Å². The van der Waals surface area contributed by atoms with Crippen LogP contribution >= 0.6 is 0 Å².